The van der Waals surface area contributed by atoms with Gasteiger partial charge in [0.05, 0.1) is 0 Å². The van der Waals surface area contributed by atoms with E-state index in [0.717, 1.165) is 32.4 Å². The molecule has 0 bridgehead atoms. The Morgan fingerprint density at radius 1 is 1.09 bits per heavy atom. The Kier molecular flexibility index (Phi) is 5.37. The lowest BCUT2D eigenvalue weighted by molar-refractivity contribution is -0.132. The highest BCUT2D eigenvalue weighted by atomic mass is 16.2. The average molecular weight is 314 g/mol. The van der Waals surface area contributed by atoms with Gasteiger partial charge in [-0.3, -0.25) is 4.79 Å². The molecule has 3 rings (SSSR count). The summed E-state index contributed by atoms with van der Waals surface area (Å²) in [4.78, 5) is 17.4. The summed E-state index contributed by atoms with van der Waals surface area (Å²) in [5.41, 5.74) is 1.38. The van der Waals surface area contributed by atoms with Crippen LogP contribution in [0.1, 0.15) is 57.4 Å². The number of hydrogen-bond donors (Lipinski definition) is 0. The van der Waals surface area contributed by atoms with Crippen molar-refractivity contribution in [2.45, 2.75) is 64.0 Å². The number of likely N-dealkylation sites (tertiary alicyclic amines) is 2. The van der Waals surface area contributed by atoms with Crippen LogP contribution in [0.3, 0.4) is 0 Å². The number of hydrogen-bond acceptors (Lipinski definition) is 2. The minimum atomic E-state index is 0.119. The Morgan fingerprint density at radius 2 is 1.91 bits per heavy atom. The summed E-state index contributed by atoms with van der Waals surface area (Å²) in [7, 11) is 0. The lowest BCUT2D eigenvalue weighted by atomic mass is 9.87. The molecular formula is C20H30N2O. The number of carbonyl (C=O) groups is 1. The molecule has 3 nitrogen and oxygen atoms in total. The highest BCUT2D eigenvalue weighted by Gasteiger charge is 2.45. The summed E-state index contributed by atoms with van der Waals surface area (Å²) in [6, 6.07) is 10.5. The Morgan fingerprint density at radius 3 is 2.70 bits per heavy atom. The van der Waals surface area contributed by atoms with Gasteiger partial charge in [-0.15, -0.1) is 0 Å². The van der Waals surface area contributed by atoms with Crippen LogP contribution in [0.2, 0.25) is 0 Å². The van der Waals surface area contributed by atoms with Gasteiger partial charge in [-0.25, -0.2) is 0 Å². The first kappa shape index (κ1) is 16.5. The lowest BCUT2D eigenvalue weighted by Gasteiger charge is -2.38. The van der Waals surface area contributed by atoms with Gasteiger partial charge >= 0.3 is 0 Å². The zero-order valence-corrected chi connectivity index (χ0v) is 14.5. The summed E-state index contributed by atoms with van der Waals surface area (Å²) < 4.78 is 0. The molecule has 2 fully saturated rings. The van der Waals surface area contributed by atoms with Crippen LogP contribution >= 0.6 is 0 Å². The van der Waals surface area contributed by atoms with Gasteiger partial charge in [-0.05, 0) is 50.8 Å². The smallest absolute Gasteiger partial charge is 0.223 e. The van der Waals surface area contributed by atoms with Crippen molar-refractivity contribution in [3.05, 3.63) is 35.9 Å². The molecule has 0 saturated carbocycles. The predicted octanol–water partition coefficient (Wildman–Crippen LogP) is 3.83. The van der Waals surface area contributed by atoms with E-state index in [0.29, 0.717) is 5.91 Å². The first-order chi connectivity index (χ1) is 11.2. The maximum Gasteiger partial charge on any atom is 0.223 e. The fourth-order valence-electron chi connectivity index (χ4n) is 4.26. The van der Waals surface area contributed by atoms with E-state index in [1.165, 1.54) is 44.3 Å². The topological polar surface area (TPSA) is 23.6 Å². The molecule has 126 valence electrons. The molecule has 0 aliphatic carbocycles. The molecule has 1 spiro atoms. The van der Waals surface area contributed by atoms with Crippen molar-refractivity contribution in [2.24, 2.45) is 0 Å². The maximum atomic E-state index is 12.5. The molecule has 2 aliphatic rings. The monoisotopic (exact) mass is 314 g/mol. The van der Waals surface area contributed by atoms with E-state index in [1.807, 2.05) is 6.07 Å². The van der Waals surface area contributed by atoms with Crippen molar-refractivity contribution in [1.29, 1.82) is 0 Å². The number of carbonyl (C=O) groups excluding carboxylic acids is 1. The van der Waals surface area contributed by atoms with Crippen molar-refractivity contribution in [1.82, 2.24) is 9.80 Å². The first-order valence-electron chi connectivity index (χ1n) is 9.30. The number of amides is 1. The molecule has 1 aromatic rings. The highest BCUT2D eigenvalue weighted by molar-refractivity contribution is 5.79. The molecule has 1 amide bonds. The molecule has 1 aromatic carbocycles. The minimum absolute atomic E-state index is 0.119. The van der Waals surface area contributed by atoms with Crippen LogP contribution in [0.5, 0.6) is 0 Å². The van der Waals surface area contributed by atoms with E-state index in [9.17, 15) is 4.79 Å². The van der Waals surface area contributed by atoms with E-state index >= 15 is 0 Å². The van der Waals surface area contributed by atoms with Gasteiger partial charge in [0.1, 0.15) is 0 Å². The van der Waals surface area contributed by atoms with E-state index < -0.39 is 0 Å². The summed E-state index contributed by atoms with van der Waals surface area (Å²) in [5, 5.41) is 0. The van der Waals surface area contributed by atoms with Crippen LogP contribution < -0.4 is 0 Å². The van der Waals surface area contributed by atoms with Gasteiger partial charge in [0, 0.05) is 25.0 Å². The number of unbranched alkanes of at least 4 members (excludes halogenated alkanes) is 1. The van der Waals surface area contributed by atoms with Crippen LogP contribution in [0.15, 0.2) is 30.3 Å². The van der Waals surface area contributed by atoms with Gasteiger partial charge < -0.3 is 9.80 Å². The molecule has 2 saturated heterocycles. The number of benzene rings is 1. The van der Waals surface area contributed by atoms with Gasteiger partial charge in [0.2, 0.25) is 5.91 Å². The average Bonchev–Trinajstić information content (AvgIpc) is 2.75. The minimum Gasteiger partial charge on any atom is -0.333 e. The third-order valence-electron chi connectivity index (χ3n) is 5.70. The number of nitrogens with zero attached hydrogens (tertiary/aromatic N) is 2. The van der Waals surface area contributed by atoms with Gasteiger partial charge in [0.15, 0.2) is 0 Å². The SMILES string of the molecule is CCCCN1CCCC2(CCC(=O)N2Cc2ccccc2)CC1. The van der Waals surface area contributed by atoms with Crippen LogP contribution in [-0.2, 0) is 11.3 Å². The van der Waals surface area contributed by atoms with Gasteiger partial charge in [-0.1, -0.05) is 43.7 Å². The van der Waals surface area contributed by atoms with E-state index in [4.69, 9.17) is 0 Å². The molecule has 0 aromatic heterocycles. The van der Waals surface area contributed by atoms with Crippen molar-refractivity contribution in [3.8, 4) is 0 Å². The van der Waals surface area contributed by atoms with Crippen molar-refractivity contribution in [2.75, 3.05) is 19.6 Å². The fraction of sp³-hybridized carbons (Fsp3) is 0.650. The third-order valence-corrected chi connectivity index (χ3v) is 5.70. The zero-order chi connectivity index (χ0) is 16.1. The van der Waals surface area contributed by atoms with E-state index in [1.54, 1.807) is 0 Å². The van der Waals surface area contributed by atoms with Crippen molar-refractivity contribution < 1.29 is 4.79 Å². The molecule has 23 heavy (non-hydrogen) atoms. The molecule has 3 heteroatoms. The highest BCUT2D eigenvalue weighted by Crippen LogP contribution is 2.40. The second kappa shape index (κ2) is 7.48. The fourth-order valence-corrected chi connectivity index (χ4v) is 4.26. The van der Waals surface area contributed by atoms with Crippen LogP contribution in [-0.4, -0.2) is 40.9 Å². The molecular weight excluding hydrogens is 284 g/mol. The van der Waals surface area contributed by atoms with E-state index in [-0.39, 0.29) is 5.54 Å². The molecule has 2 aliphatic heterocycles. The summed E-state index contributed by atoms with van der Waals surface area (Å²) in [5.74, 6) is 0.357. The second-order valence-electron chi connectivity index (χ2n) is 7.24. The lowest BCUT2D eigenvalue weighted by Crippen LogP contribution is -2.45. The first-order valence-corrected chi connectivity index (χ1v) is 9.30. The quantitative estimate of drug-likeness (QED) is 0.824. The Bertz CT molecular complexity index is 516. The Balaban J connectivity index is 1.70. The van der Waals surface area contributed by atoms with Crippen molar-refractivity contribution in [3.63, 3.8) is 0 Å². The molecule has 0 radical (unpaired) electrons. The molecule has 0 N–H and O–H groups in total. The molecule has 2 heterocycles. The predicted molar refractivity (Wildman–Crippen MR) is 94.2 cm³/mol. The zero-order valence-electron chi connectivity index (χ0n) is 14.5. The summed E-state index contributed by atoms with van der Waals surface area (Å²) >= 11 is 0. The largest absolute Gasteiger partial charge is 0.333 e. The normalized spacial score (nSPS) is 26.0. The maximum absolute atomic E-state index is 12.5. The van der Waals surface area contributed by atoms with Crippen molar-refractivity contribution >= 4 is 5.91 Å². The van der Waals surface area contributed by atoms with E-state index in [2.05, 4.69) is 41.0 Å². The second-order valence-corrected chi connectivity index (χ2v) is 7.24. The standard InChI is InChI=1S/C20H30N2O/c1-2-3-14-21-15-7-11-20(13-16-21)12-10-19(23)22(20)17-18-8-5-4-6-9-18/h4-6,8-9H,2-3,7,10-17H2,1H3. The molecule has 1 unspecified atom stereocenters. The third kappa shape index (κ3) is 3.77. The summed E-state index contributed by atoms with van der Waals surface area (Å²) in [6.07, 6.45) is 7.90. The van der Waals surface area contributed by atoms with Crippen LogP contribution in [0, 0.1) is 0 Å². The number of rotatable bonds is 5. The van der Waals surface area contributed by atoms with Gasteiger partial charge in [-0.2, -0.15) is 0 Å². The molecule has 1 atom stereocenters. The Hall–Kier alpha value is -1.35. The summed E-state index contributed by atoms with van der Waals surface area (Å²) in [6.45, 7) is 6.62. The van der Waals surface area contributed by atoms with Crippen LogP contribution in [0.4, 0.5) is 0 Å². The van der Waals surface area contributed by atoms with Crippen LogP contribution in [0.25, 0.3) is 0 Å². The van der Waals surface area contributed by atoms with Gasteiger partial charge in [0.25, 0.3) is 0 Å². The Labute approximate surface area is 140 Å².